The van der Waals surface area contributed by atoms with Crippen molar-refractivity contribution in [2.24, 2.45) is 0 Å². The van der Waals surface area contributed by atoms with E-state index in [0.29, 0.717) is 0 Å². The number of alkyl halides is 3. The van der Waals surface area contributed by atoms with E-state index in [9.17, 15) is 32.9 Å². The first kappa shape index (κ1) is 23.0. The van der Waals surface area contributed by atoms with Crippen molar-refractivity contribution in [3.8, 4) is 5.75 Å². The third-order valence-corrected chi connectivity index (χ3v) is 3.09. The Morgan fingerprint density at radius 2 is 1.86 bits per heavy atom. The zero-order valence-electron chi connectivity index (χ0n) is 15.5. The van der Waals surface area contributed by atoms with E-state index in [1.807, 2.05) is 0 Å². The van der Waals surface area contributed by atoms with Crippen LogP contribution in [0.1, 0.15) is 26.3 Å². The molecule has 1 atom stereocenters. The third-order valence-electron chi connectivity index (χ3n) is 3.09. The summed E-state index contributed by atoms with van der Waals surface area (Å²) in [5, 5.41) is 13.5. The molecule has 0 fully saturated rings. The van der Waals surface area contributed by atoms with Crippen molar-refractivity contribution in [3.63, 3.8) is 0 Å². The van der Waals surface area contributed by atoms with Crippen LogP contribution in [0.4, 0.5) is 23.7 Å². The zero-order chi connectivity index (χ0) is 21.7. The Morgan fingerprint density at radius 1 is 1.25 bits per heavy atom. The predicted molar refractivity (Wildman–Crippen MR) is 88.7 cm³/mol. The number of rotatable bonds is 6. The molecule has 0 bridgehead atoms. The molecule has 0 aromatic heterocycles. The first-order valence-electron chi connectivity index (χ1n) is 7.83. The quantitative estimate of drug-likeness (QED) is 0.437. The molecule has 12 heteroatoms. The number of nitro groups is 1. The van der Waals surface area contributed by atoms with E-state index in [0.717, 1.165) is 25.3 Å². The molecule has 1 aromatic rings. The van der Waals surface area contributed by atoms with Crippen molar-refractivity contribution in [2.45, 2.75) is 45.2 Å². The number of alkyl carbamates (subject to hydrolysis) is 1. The van der Waals surface area contributed by atoms with E-state index in [-0.39, 0.29) is 5.56 Å². The van der Waals surface area contributed by atoms with Crippen molar-refractivity contribution in [2.75, 3.05) is 7.11 Å². The highest BCUT2D eigenvalue weighted by Gasteiger charge is 2.36. The lowest BCUT2D eigenvalue weighted by molar-refractivity contribution is -0.389. The summed E-state index contributed by atoms with van der Waals surface area (Å²) in [6, 6.07) is 1.54. The fraction of sp³-hybridized carbons (Fsp3) is 0.500. The smallest absolute Gasteiger partial charge is 0.467 e. The van der Waals surface area contributed by atoms with Gasteiger partial charge < -0.3 is 19.5 Å². The maximum absolute atomic E-state index is 12.5. The van der Waals surface area contributed by atoms with E-state index in [1.54, 1.807) is 20.8 Å². The van der Waals surface area contributed by atoms with Crippen molar-refractivity contribution in [3.05, 3.63) is 33.9 Å². The average Bonchev–Trinajstić information content (AvgIpc) is 2.49. The minimum Gasteiger partial charge on any atom is -0.467 e. The molecule has 1 amide bonds. The van der Waals surface area contributed by atoms with Crippen LogP contribution in [0.2, 0.25) is 0 Å². The lowest BCUT2D eigenvalue weighted by Crippen LogP contribution is -2.45. The van der Waals surface area contributed by atoms with Crippen LogP contribution in [0.5, 0.6) is 5.75 Å². The number of carbonyl (C=O) groups excluding carboxylic acids is 2. The molecule has 156 valence electrons. The number of hydrogen-bond donors (Lipinski definition) is 1. The van der Waals surface area contributed by atoms with Gasteiger partial charge in [-0.1, -0.05) is 12.1 Å². The van der Waals surface area contributed by atoms with Gasteiger partial charge in [-0.05, 0) is 26.8 Å². The Kier molecular flexibility index (Phi) is 7.19. The van der Waals surface area contributed by atoms with Crippen LogP contribution in [-0.2, 0) is 20.7 Å². The summed E-state index contributed by atoms with van der Waals surface area (Å²) < 4.78 is 50.7. The number of para-hydroxylation sites is 1. The fourth-order valence-electron chi connectivity index (χ4n) is 2.15. The first-order valence-corrected chi connectivity index (χ1v) is 7.83. The summed E-state index contributed by atoms with van der Waals surface area (Å²) in [6.45, 7) is 4.72. The van der Waals surface area contributed by atoms with Gasteiger partial charge >= 0.3 is 24.1 Å². The molecule has 1 N–H and O–H groups in total. The Labute approximate surface area is 157 Å². The topological polar surface area (TPSA) is 117 Å². The molecular weight excluding hydrogens is 389 g/mol. The number of benzene rings is 1. The summed E-state index contributed by atoms with van der Waals surface area (Å²) in [7, 11) is 1.02. The molecule has 28 heavy (non-hydrogen) atoms. The first-order chi connectivity index (χ1) is 12.7. The molecule has 0 aliphatic carbocycles. The molecule has 0 aliphatic rings. The number of hydrogen-bond acceptors (Lipinski definition) is 7. The largest absolute Gasteiger partial charge is 0.573 e. The zero-order valence-corrected chi connectivity index (χ0v) is 15.5. The second kappa shape index (κ2) is 8.76. The number of nitro benzene ring substituents is 1. The highest BCUT2D eigenvalue weighted by atomic mass is 19.4. The molecule has 0 aliphatic heterocycles. The molecule has 0 saturated carbocycles. The second-order valence-corrected chi connectivity index (χ2v) is 6.49. The van der Waals surface area contributed by atoms with Gasteiger partial charge in [0.05, 0.1) is 12.0 Å². The Balaban J connectivity index is 3.21. The number of amides is 1. The average molecular weight is 408 g/mol. The highest BCUT2D eigenvalue weighted by Crippen LogP contribution is 2.35. The van der Waals surface area contributed by atoms with Gasteiger partial charge in [-0.3, -0.25) is 10.1 Å². The molecule has 0 radical (unpaired) electrons. The lowest BCUT2D eigenvalue weighted by Gasteiger charge is -2.22. The second-order valence-electron chi connectivity index (χ2n) is 6.49. The third kappa shape index (κ3) is 7.29. The van der Waals surface area contributed by atoms with E-state index < -0.39 is 52.8 Å². The number of ether oxygens (including phenoxy) is 3. The minimum absolute atomic E-state index is 0.279. The van der Waals surface area contributed by atoms with Gasteiger partial charge in [-0.15, -0.1) is 13.2 Å². The van der Waals surface area contributed by atoms with Gasteiger partial charge in [-0.2, -0.15) is 0 Å². The number of nitrogens with one attached hydrogen (secondary N) is 1. The maximum Gasteiger partial charge on any atom is 0.573 e. The molecule has 0 saturated heterocycles. The molecule has 1 aromatic carbocycles. The van der Waals surface area contributed by atoms with Crippen molar-refractivity contribution < 1.29 is 41.9 Å². The van der Waals surface area contributed by atoms with Crippen LogP contribution >= 0.6 is 0 Å². The van der Waals surface area contributed by atoms with Crippen LogP contribution in [0, 0.1) is 10.1 Å². The van der Waals surface area contributed by atoms with Crippen LogP contribution in [0.25, 0.3) is 0 Å². The minimum atomic E-state index is -5.15. The SMILES string of the molecule is COC(=O)[C@H](Cc1cccc(OC(F)(F)F)c1[N+](=O)[O-])NC(=O)OC(C)(C)C. The fourth-order valence-corrected chi connectivity index (χ4v) is 2.15. The van der Waals surface area contributed by atoms with E-state index in [4.69, 9.17) is 4.74 Å². The van der Waals surface area contributed by atoms with Crippen molar-refractivity contribution in [1.82, 2.24) is 5.32 Å². The van der Waals surface area contributed by atoms with Gasteiger partial charge in [0.1, 0.15) is 11.6 Å². The van der Waals surface area contributed by atoms with Crippen LogP contribution in [0.15, 0.2) is 18.2 Å². The van der Waals surface area contributed by atoms with Crippen LogP contribution < -0.4 is 10.1 Å². The number of esters is 1. The highest BCUT2D eigenvalue weighted by molar-refractivity contribution is 5.82. The normalized spacial score (nSPS) is 12.7. The van der Waals surface area contributed by atoms with Crippen LogP contribution in [-0.4, -0.2) is 42.1 Å². The standard InChI is InChI=1S/C16H19F3N2O7/c1-15(2,3)28-14(23)20-10(13(22)26-4)8-9-6-5-7-11(12(9)21(24)25)27-16(17,18)19/h5-7,10H,8H2,1-4H3,(H,20,23)/t10-/m0/s1. The number of halogens is 3. The van der Waals surface area contributed by atoms with Gasteiger partial charge in [0.15, 0.2) is 0 Å². The van der Waals surface area contributed by atoms with Gasteiger partial charge in [0.25, 0.3) is 0 Å². The number of nitrogens with zero attached hydrogens (tertiary/aromatic N) is 1. The monoisotopic (exact) mass is 408 g/mol. The molecule has 0 spiro atoms. The molecule has 9 nitrogen and oxygen atoms in total. The molecular formula is C16H19F3N2O7. The summed E-state index contributed by atoms with van der Waals surface area (Å²) in [5.74, 6) is -2.02. The van der Waals surface area contributed by atoms with Crippen molar-refractivity contribution >= 4 is 17.7 Å². The number of carbonyl (C=O) groups is 2. The van der Waals surface area contributed by atoms with Gasteiger partial charge in [0.2, 0.25) is 5.75 Å². The lowest BCUT2D eigenvalue weighted by atomic mass is 10.0. The molecule has 0 unspecified atom stereocenters. The Hall–Kier alpha value is -3.05. The molecule has 1 rings (SSSR count). The predicted octanol–water partition coefficient (Wildman–Crippen LogP) is 3.10. The summed E-state index contributed by atoms with van der Waals surface area (Å²) >= 11 is 0. The summed E-state index contributed by atoms with van der Waals surface area (Å²) in [5.41, 5.74) is -2.16. The van der Waals surface area contributed by atoms with Crippen LogP contribution in [0.3, 0.4) is 0 Å². The Morgan fingerprint density at radius 3 is 2.32 bits per heavy atom. The Bertz CT molecular complexity index is 745. The van der Waals surface area contributed by atoms with Crippen molar-refractivity contribution in [1.29, 1.82) is 0 Å². The maximum atomic E-state index is 12.5. The number of methoxy groups -OCH3 is 1. The van der Waals surface area contributed by atoms with Gasteiger partial charge in [-0.25, -0.2) is 9.59 Å². The van der Waals surface area contributed by atoms with Gasteiger partial charge in [0, 0.05) is 12.0 Å². The summed E-state index contributed by atoms with van der Waals surface area (Å²) in [6.07, 6.45) is -6.69. The van der Waals surface area contributed by atoms with E-state index in [1.165, 1.54) is 0 Å². The van der Waals surface area contributed by atoms with E-state index in [2.05, 4.69) is 14.8 Å². The molecule has 0 heterocycles. The van der Waals surface area contributed by atoms with E-state index >= 15 is 0 Å². The summed E-state index contributed by atoms with van der Waals surface area (Å²) in [4.78, 5) is 34.1.